The summed E-state index contributed by atoms with van der Waals surface area (Å²) in [6.07, 6.45) is 0.00972. The number of hydrogen-bond acceptors (Lipinski definition) is 7. The molecule has 9 nitrogen and oxygen atoms in total. The van der Waals surface area contributed by atoms with Crippen LogP contribution in [0.5, 0.6) is 23.0 Å². The number of methoxy groups -OCH3 is 2. The third-order valence-corrected chi connectivity index (χ3v) is 5.60. The molecule has 4 rings (SSSR count). The molecule has 1 atom stereocenters. The predicted octanol–water partition coefficient (Wildman–Crippen LogP) is 4.03. The van der Waals surface area contributed by atoms with E-state index in [4.69, 9.17) is 18.9 Å². The minimum atomic E-state index is -0.661. The van der Waals surface area contributed by atoms with Gasteiger partial charge in [-0.15, -0.1) is 0 Å². The van der Waals surface area contributed by atoms with E-state index in [-0.39, 0.29) is 18.9 Å². The molecule has 9 heteroatoms. The van der Waals surface area contributed by atoms with Gasteiger partial charge in [0.05, 0.1) is 20.1 Å². The van der Waals surface area contributed by atoms with Crippen LogP contribution in [-0.4, -0.2) is 45.2 Å². The second-order valence-corrected chi connectivity index (χ2v) is 8.04. The summed E-state index contributed by atoms with van der Waals surface area (Å²) >= 11 is 0. The summed E-state index contributed by atoms with van der Waals surface area (Å²) < 4.78 is 21.4. The average molecular weight is 491 g/mol. The number of benzene rings is 3. The van der Waals surface area contributed by atoms with Crippen LogP contribution in [0.2, 0.25) is 0 Å². The third-order valence-electron chi connectivity index (χ3n) is 5.60. The van der Waals surface area contributed by atoms with Crippen molar-refractivity contribution < 1.29 is 33.3 Å². The van der Waals surface area contributed by atoms with Gasteiger partial charge in [0, 0.05) is 30.4 Å². The number of hydrogen-bond donors (Lipinski definition) is 1. The molecule has 1 heterocycles. The highest BCUT2D eigenvalue weighted by atomic mass is 16.5. The Kier molecular flexibility index (Phi) is 7.69. The van der Waals surface area contributed by atoms with Gasteiger partial charge >= 0.3 is 5.97 Å². The van der Waals surface area contributed by atoms with Crippen LogP contribution >= 0.6 is 0 Å². The Balaban J connectivity index is 1.30. The second-order valence-electron chi connectivity index (χ2n) is 8.04. The molecule has 3 aromatic rings. The Morgan fingerprint density at radius 1 is 0.917 bits per heavy atom. The molecule has 0 aromatic heterocycles. The molecular formula is C27H26N2O7. The first-order valence-corrected chi connectivity index (χ1v) is 11.3. The molecule has 3 aromatic carbocycles. The van der Waals surface area contributed by atoms with E-state index in [0.29, 0.717) is 34.4 Å². The average Bonchev–Trinajstić information content (AvgIpc) is 3.29. The Labute approximate surface area is 208 Å². The second kappa shape index (κ2) is 11.3. The number of rotatable bonds is 9. The van der Waals surface area contributed by atoms with Crippen molar-refractivity contribution in [2.75, 3.05) is 37.6 Å². The van der Waals surface area contributed by atoms with E-state index in [1.165, 1.54) is 12.0 Å². The highest BCUT2D eigenvalue weighted by Crippen LogP contribution is 2.33. The van der Waals surface area contributed by atoms with Gasteiger partial charge in [-0.3, -0.25) is 14.4 Å². The lowest BCUT2D eigenvalue weighted by molar-refractivity contribution is -0.151. The molecule has 2 amide bonds. The molecule has 186 valence electrons. The van der Waals surface area contributed by atoms with E-state index in [0.717, 1.165) is 0 Å². The van der Waals surface area contributed by atoms with Crippen LogP contribution in [0.15, 0.2) is 72.8 Å². The lowest BCUT2D eigenvalue weighted by atomic mass is 10.1. The highest BCUT2D eigenvalue weighted by molar-refractivity contribution is 6.00. The monoisotopic (exact) mass is 490 g/mol. The van der Waals surface area contributed by atoms with Gasteiger partial charge < -0.3 is 29.2 Å². The van der Waals surface area contributed by atoms with E-state index in [9.17, 15) is 14.4 Å². The number of para-hydroxylation sites is 2. The van der Waals surface area contributed by atoms with Crippen molar-refractivity contribution in [1.29, 1.82) is 0 Å². The summed E-state index contributed by atoms with van der Waals surface area (Å²) in [5.41, 5.74) is 1.16. The minimum absolute atomic E-state index is 0.00972. The molecule has 36 heavy (non-hydrogen) atoms. The van der Waals surface area contributed by atoms with Crippen molar-refractivity contribution in [2.24, 2.45) is 5.92 Å². The number of carbonyl (C=O) groups is 3. The van der Waals surface area contributed by atoms with Crippen LogP contribution in [0, 0.1) is 5.92 Å². The fraction of sp³-hybridized carbons (Fsp3) is 0.222. The maximum Gasteiger partial charge on any atom is 0.311 e. The molecular weight excluding hydrogens is 464 g/mol. The van der Waals surface area contributed by atoms with Crippen molar-refractivity contribution in [3.05, 3.63) is 72.8 Å². The number of nitrogens with zero attached hydrogens (tertiary/aromatic N) is 1. The van der Waals surface area contributed by atoms with E-state index < -0.39 is 24.4 Å². The third kappa shape index (κ3) is 5.93. The predicted molar refractivity (Wildman–Crippen MR) is 133 cm³/mol. The maximum atomic E-state index is 12.6. The Hall–Kier alpha value is -4.53. The van der Waals surface area contributed by atoms with Crippen LogP contribution < -0.4 is 24.4 Å². The standard InChI is InChI=1S/C27H26N2O7/c1-33-22-7-5-6-19(15-22)28-25(30)17-35-27(32)18-14-26(31)29(16-18)20-10-12-21(13-11-20)36-24-9-4-3-8-23(24)34-2/h3-13,15,18H,14,16-17H2,1-2H3,(H,28,30)/t18-/m0/s1. The van der Waals surface area contributed by atoms with Crippen molar-refractivity contribution in [1.82, 2.24) is 0 Å². The summed E-state index contributed by atoms with van der Waals surface area (Å²) in [4.78, 5) is 38.8. The van der Waals surface area contributed by atoms with Crippen molar-refractivity contribution in [3.63, 3.8) is 0 Å². The zero-order valence-electron chi connectivity index (χ0n) is 19.9. The quantitative estimate of drug-likeness (QED) is 0.452. The fourth-order valence-electron chi connectivity index (χ4n) is 3.79. The molecule has 1 saturated heterocycles. The number of anilines is 2. The van der Waals surface area contributed by atoms with Gasteiger partial charge in [-0.2, -0.15) is 0 Å². The van der Waals surface area contributed by atoms with Crippen LogP contribution in [0.3, 0.4) is 0 Å². The first-order chi connectivity index (χ1) is 17.5. The topological polar surface area (TPSA) is 103 Å². The van der Waals surface area contributed by atoms with Gasteiger partial charge in [0.15, 0.2) is 18.1 Å². The number of ether oxygens (including phenoxy) is 4. The fourth-order valence-corrected chi connectivity index (χ4v) is 3.79. The lowest BCUT2D eigenvalue weighted by Gasteiger charge is -2.17. The van der Waals surface area contributed by atoms with Gasteiger partial charge in [0.2, 0.25) is 5.91 Å². The largest absolute Gasteiger partial charge is 0.497 e. The molecule has 0 saturated carbocycles. The Morgan fingerprint density at radius 3 is 2.39 bits per heavy atom. The summed E-state index contributed by atoms with van der Waals surface area (Å²) in [6.45, 7) is -0.280. The van der Waals surface area contributed by atoms with Gasteiger partial charge in [-0.25, -0.2) is 0 Å². The summed E-state index contributed by atoms with van der Waals surface area (Å²) in [5, 5.41) is 2.64. The SMILES string of the molecule is COc1cccc(NC(=O)COC(=O)[C@H]2CC(=O)N(c3ccc(Oc4ccccc4OC)cc3)C2)c1. The molecule has 0 aliphatic carbocycles. The number of carbonyl (C=O) groups excluding carboxylic acids is 3. The van der Waals surface area contributed by atoms with Crippen LogP contribution in [-0.2, 0) is 19.1 Å². The summed E-state index contributed by atoms with van der Waals surface area (Å²) in [5.74, 6) is 0.411. The molecule has 0 radical (unpaired) electrons. The van der Waals surface area contributed by atoms with Crippen molar-refractivity contribution in [3.8, 4) is 23.0 Å². The van der Waals surface area contributed by atoms with Gasteiger partial charge in [0.25, 0.3) is 5.91 Å². The lowest BCUT2D eigenvalue weighted by Crippen LogP contribution is -2.28. The molecule has 1 N–H and O–H groups in total. The minimum Gasteiger partial charge on any atom is -0.497 e. The van der Waals surface area contributed by atoms with Crippen molar-refractivity contribution in [2.45, 2.75) is 6.42 Å². The van der Waals surface area contributed by atoms with Crippen molar-refractivity contribution >= 4 is 29.2 Å². The van der Waals surface area contributed by atoms with Gasteiger partial charge in [-0.05, 0) is 48.5 Å². The zero-order valence-corrected chi connectivity index (χ0v) is 19.9. The molecule has 0 unspecified atom stereocenters. The smallest absolute Gasteiger partial charge is 0.311 e. The molecule has 0 spiro atoms. The van der Waals surface area contributed by atoms with Crippen LogP contribution in [0.1, 0.15) is 6.42 Å². The molecule has 1 aliphatic rings. The van der Waals surface area contributed by atoms with Crippen LogP contribution in [0.4, 0.5) is 11.4 Å². The molecule has 1 aliphatic heterocycles. The number of amides is 2. The summed E-state index contributed by atoms with van der Waals surface area (Å²) in [7, 11) is 3.10. The van der Waals surface area contributed by atoms with E-state index in [1.54, 1.807) is 67.8 Å². The zero-order chi connectivity index (χ0) is 25.5. The van der Waals surface area contributed by atoms with E-state index in [2.05, 4.69) is 5.32 Å². The van der Waals surface area contributed by atoms with Gasteiger partial charge in [0.1, 0.15) is 11.5 Å². The first-order valence-electron chi connectivity index (χ1n) is 11.3. The first kappa shape index (κ1) is 24.6. The summed E-state index contributed by atoms with van der Waals surface area (Å²) in [6, 6.07) is 21.1. The van der Waals surface area contributed by atoms with E-state index >= 15 is 0 Å². The maximum absolute atomic E-state index is 12.6. The number of nitrogens with one attached hydrogen (secondary N) is 1. The Morgan fingerprint density at radius 2 is 1.67 bits per heavy atom. The van der Waals surface area contributed by atoms with Crippen LogP contribution in [0.25, 0.3) is 0 Å². The normalized spacial score (nSPS) is 14.8. The number of esters is 1. The Bertz CT molecular complexity index is 1240. The molecule has 0 bridgehead atoms. The molecule has 1 fully saturated rings. The van der Waals surface area contributed by atoms with E-state index in [1.807, 2.05) is 12.1 Å². The van der Waals surface area contributed by atoms with Gasteiger partial charge in [-0.1, -0.05) is 18.2 Å². The highest BCUT2D eigenvalue weighted by Gasteiger charge is 2.36.